The monoisotopic (exact) mass is 478 g/mol. The third-order valence-electron chi connectivity index (χ3n) is 6.78. The zero-order valence-corrected chi connectivity index (χ0v) is 19.1. The van der Waals surface area contributed by atoms with Crippen LogP contribution in [0.5, 0.6) is 0 Å². The smallest absolute Gasteiger partial charge is 0.341 e. The second-order valence-electron chi connectivity index (χ2n) is 9.37. The van der Waals surface area contributed by atoms with E-state index < -0.39 is 23.3 Å². The summed E-state index contributed by atoms with van der Waals surface area (Å²) in [6.45, 7) is 0.940. The van der Waals surface area contributed by atoms with Gasteiger partial charge in [0.1, 0.15) is 11.4 Å². The van der Waals surface area contributed by atoms with Crippen LogP contribution in [0.15, 0.2) is 53.5 Å². The van der Waals surface area contributed by atoms with Gasteiger partial charge in [-0.15, -0.1) is 0 Å². The number of carboxylic acids is 1. The van der Waals surface area contributed by atoms with Crippen molar-refractivity contribution < 1.29 is 19.1 Å². The topological polar surface area (TPSA) is 118 Å². The molecule has 1 saturated heterocycles. The highest BCUT2D eigenvalue weighted by atomic mass is 19.1. The number of pyridine rings is 1. The van der Waals surface area contributed by atoms with Gasteiger partial charge in [-0.2, -0.15) is 0 Å². The lowest BCUT2D eigenvalue weighted by atomic mass is 10.1. The number of nitrogens with zero attached hydrogens (tertiary/aromatic N) is 2. The average molecular weight is 479 g/mol. The van der Waals surface area contributed by atoms with E-state index >= 15 is 4.39 Å². The molecular formula is C26H27FN4O4. The predicted molar refractivity (Wildman–Crippen MR) is 130 cm³/mol. The molecule has 9 heteroatoms. The van der Waals surface area contributed by atoms with E-state index in [2.05, 4.69) is 5.32 Å². The van der Waals surface area contributed by atoms with Gasteiger partial charge < -0.3 is 25.6 Å². The van der Waals surface area contributed by atoms with E-state index in [0.29, 0.717) is 37.1 Å². The first-order valence-corrected chi connectivity index (χ1v) is 11.8. The fourth-order valence-electron chi connectivity index (χ4n) is 4.77. The Morgan fingerprint density at radius 2 is 1.91 bits per heavy atom. The molecule has 5 rings (SSSR count). The summed E-state index contributed by atoms with van der Waals surface area (Å²) in [4.78, 5) is 38.7. The molecule has 4 N–H and O–H groups in total. The van der Waals surface area contributed by atoms with Crippen LogP contribution in [-0.2, 0) is 11.2 Å². The van der Waals surface area contributed by atoms with Crippen LogP contribution in [0.4, 0.5) is 10.1 Å². The zero-order valence-electron chi connectivity index (χ0n) is 19.1. The number of nitrogens with two attached hydrogens (primary N) is 1. The molecule has 2 aliphatic rings. The molecule has 1 aromatic heterocycles. The molecule has 0 spiro atoms. The number of nitrogens with one attached hydrogen (secondary N) is 1. The van der Waals surface area contributed by atoms with Gasteiger partial charge in [0.25, 0.3) is 0 Å². The summed E-state index contributed by atoms with van der Waals surface area (Å²) in [5.41, 5.74) is 6.90. The lowest BCUT2D eigenvalue weighted by Crippen LogP contribution is -2.47. The summed E-state index contributed by atoms with van der Waals surface area (Å²) < 4.78 is 16.9. The summed E-state index contributed by atoms with van der Waals surface area (Å²) >= 11 is 0. The largest absolute Gasteiger partial charge is 0.477 e. The minimum atomic E-state index is -1.32. The number of carboxylic acid groups (broad SMARTS) is 1. The van der Waals surface area contributed by atoms with E-state index in [4.69, 9.17) is 5.73 Å². The maximum Gasteiger partial charge on any atom is 0.341 e. The van der Waals surface area contributed by atoms with E-state index in [0.717, 1.165) is 24.5 Å². The Hall–Kier alpha value is -3.72. The van der Waals surface area contributed by atoms with E-state index in [9.17, 15) is 19.5 Å². The number of hydrogen-bond donors (Lipinski definition) is 3. The van der Waals surface area contributed by atoms with Gasteiger partial charge in [-0.25, -0.2) is 9.18 Å². The fourth-order valence-corrected chi connectivity index (χ4v) is 4.77. The molecule has 35 heavy (non-hydrogen) atoms. The van der Waals surface area contributed by atoms with Crippen LogP contribution in [0.2, 0.25) is 0 Å². The van der Waals surface area contributed by atoms with Crippen molar-refractivity contribution in [2.45, 2.75) is 43.8 Å². The molecule has 1 amide bonds. The molecular weight excluding hydrogens is 451 g/mol. The second kappa shape index (κ2) is 9.14. The van der Waals surface area contributed by atoms with Gasteiger partial charge in [0, 0.05) is 36.8 Å². The molecule has 2 aromatic carbocycles. The average Bonchev–Trinajstić information content (AvgIpc) is 3.58. The summed E-state index contributed by atoms with van der Waals surface area (Å²) in [7, 11) is 0. The Balaban J connectivity index is 1.35. The molecule has 0 bridgehead atoms. The van der Waals surface area contributed by atoms with Crippen molar-refractivity contribution in [2.75, 3.05) is 18.0 Å². The Morgan fingerprint density at radius 1 is 1.17 bits per heavy atom. The highest BCUT2D eigenvalue weighted by Gasteiger charge is 2.30. The molecule has 3 aromatic rings. The van der Waals surface area contributed by atoms with Gasteiger partial charge in [0.05, 0.1) is 17.2 Å². The summed E-state index contributed by atoms with van der Waals surface area (Å²) in [5.74, 6) is -2.16. The highest BCUT2D eigenvalue weighted by molar-refractivity contribution is 5.93. The van der Waals surface area contributed by atoms with E-state index in [-0.39, 0.29) is 28.9 Å². The number of rotatable bonds is 7. The van der Waals surface area contributed by atoms with Gasteiger partial charge in [0.15, 0.2) is 0 Å². The van der Waals surface area contributed by atoms with Gasteiger partial charge in [-0.3, -0.25) is 9.59 Å². The van der Waals surface area contributed by atoms with Crippen LogP contribution in [-0.4, -0.2) is 46.7 Å². The first kappa shape index (κ1) is 23.0. The maximum atomic E-state index is 15.1. The number of anilines is 1. The fraction of sp³-hybridized carbons (Fsp3) is 0.346. The normalized spacial score (nSPS) is 18.6. The van der Waals surface area contributed by atoms with E-state index in [1.54, 1.807) is 10.6 Å². The molecule has 182 valence electrons. The van der Waals surface area contributed by atoms with Crippen molar-refractivity contribution in [2.24, 2.45) is 5.73 Å². The number of carbonyl (C=O) groups excluding carboxylic acids is 1. The quantitative estimate of drug-likeness (QED) is 0.480. The SMILES string of the molecule is NC(Cc1ccccc1)C(=O)NC1CCN(c2cc3c(cc2F)c(=O)c(C(=O)O)cn3C2CC2)C1. The van der Waals surface area contributed by atoms with Gasteiger partial charge in [-0.1, -0.05) is 30.3 Å². The lowest BCUT2D eigenvalue weighted by molar-refractivity contribution is -0.122. The molecule has 1 aliphatic carbocycles. The number of carbonyl (C=O) groups is 2. The molecule has 8 nitrogen and oxygen atoms in total. The Kier molecular flexibility index (Phi) is 6.02. The minimum Gasteiger partial charge on any atom is -0.477 e. The number of aromatic nitrogens is 1. The number of aromatic carboxylic acids is 1. The molecule has 2 fully saturated rings. The summed E-state index contributed by atoms with van der Waals surface area (Å²) in [5, 5.41) is 12.5. The number of amides is 1. The first-order valence-electron chi connectivity index (χ1n) is 11.8. The van der Waals surface area contributed by atoms with Crippen LogP contribution < -0.4 is 21.4 Å². The zero-order chi connectivity index (χ0) is 24.7. The molecule has 0 radical (unpaired) electrons. The van der Waals surface area contributed by atoms with Gasteiger partial charge in [-0.05, 0) is 43.4 Å². The molecule has 2 atom stereocenters. The standard InChI is InChI=1S/C26H27FN4O4/c27-20-11-18-22(31(17-6-7-17)14-19(24(18)32)26(34)35)12-23(20)30-9-8-16(13-30)29-25(33)21(28)10-15-4-2-1-3-5-15/h1-5,11-12,14,16-17,21H,6-10,13,28H2,(H,29,33)(H,34,35). The minimum absolute atomic E-state index is 0.0639. The van der Waals surface area contributed by atoms with Crippen LogP contribution >= 0.6 is 0 Å². The number of hydrogen-bond acceptors (Lipinski definition) is 5. The van der Waals surface area contributed by atoms with Gasteiger partial charge in [0.2, 0.25) is 11.3 Å². The van der Waals surface area contributed by atoms with E-state index in [1.807, 2.05) is 35.2 Å². The van der Waals surface area contributed by atoms with Crippen molar-refractivity contribution in [3.8, 4) is 0 Å². The summed E-state index contributed by atoms with van der Waals surface area (Å²) in [6, 6.07) is 11.6. The maximum absolute atomic E-state index is 15.1. The second-order valence-corrected chi connectivity index (χ2v) is 9.37. The van der Waals surface area contributed by atoms with Gasteiger partial charge >= 0.3 is 5.97 Å². The van der Waals surface area contributed by atoms with Crippen LogP contribution in [0.1, 0.15) is 41.2 Å². The Morgan fingerprint density at radius 3 is 2.60 bits per heavy atom. The van der Waals surface area contributed by atoms with Crippen molar-refractivity contribution in [3.05, 3.63) is 75.8 Å². The van der Waals surface area contributed by atoms with Crippen LogP contribution in [0.3, 0.4) is 0 Å². The number of halogens is 1. The third-order valence-corrected chi connectivity index (χ3v) is 6.78. The van der Waals surface area contributed by atoms with Crippen molar-refractivity contribution >= 4 is 28.5 Å². The van der Waals surface area contributed by atoms with Crippen LogP contribution in [0.25, 0.3) is 10.9 Å². The number of benzene rings is 2. The van der Waals surface area contributed by atoms with Crippen molar-refractivity contribution in [1.29, 1.82) is 0 Å². The molecule has 1 saturated carbocycles. The molecule has 2 unspecified atom stereocenters. The number of fused-ring (bicyclic) bond motifs is 1. The summed E-state index contributed by atoms with van der Waals surface area (Å²) in [6.07, 6.45) is 4.19. The highest BCUT2D eigenvalue weighted by Crippen LogP contribution is 2.38. The first-order chi connectivity index (χ1) is 16.8. The Bertz CT molecular complexity index is 1350. The predicted octanol–water partition coefficient (Wildman–Crippen LogP) is 2.44. The lowest BCUT2D eigenvalue weighted by Gasteiger charge is -2.22. The molecule has 1 aliphatic heterocycles. The van der Waals surface area contributed by atoms with E-state index in [1.165, 1.54) is 6.20 Å². The Labute approximate surface area is 201 Å². The molecule has 2 heterocycles. The van der Waals surface area contributed by atoms with Crippen molar-refractivity contribution in [1.82, 2.24) is 9.88 Å². The van der Waals surface area contributed by atoms with Crippen molar-refractivity contribution in [3.63, 3.8) is 0 Å². The third kappa shape index (κ3) is 4.64. The van der Waals surface area contributed by atoms with Crippen LogP contribution in [0, 0.1) is 5.82 Å².